The summed E-state index contributed by atoms with van der Waals surface area (Å²) in [6.07, 6.45) is 2.36. The number of nitrogens with zero attached hydrogens (tertiary/aromatic N) is 2. The van der Waals surface area contributed by atoms with Gasteiger partial charge in [0.05, 0.1) is 7.11 Å². The summed E-state index contributed by atoms with van der Waals surface area (Å²) in [4.78, 5) is 6.91. The average Bonchev–Trinajstić information content (AvgIpc) is 3.17. The Bertz CT molecular complexity index is 751. The number of hydrogen-bond donors (Lipinski definition) is 1. The van der Waals surface area contributed by atoms with Gasteiger partial charge in [0.25, 0.3) is 0 Å². The van der Waals surface area contributed by atoms with Gasteiger partial charge in [-0.1, -0.05) is 55.5 Å². The summed E-state index contributed by atoms with van der Waals surface area (Å²) in [6.45, 7) is 5.20. The second-order valence-electron chi connectivity index (χ2n) is 7.36. The second-order valence-corrected chi connectivity index (χ2v) is 7.36. The van der Waals surface area contributed by atoms with E-state index >= 15 is 0 Å². The molecule has 2 atom stereocenters. The standard InChI is InChI=1S/C23H31N3O.HI/c1-18(21-11-7-8-12-22(21)27-3)16-25-23(24-2)26-14-13-20(17-26)15-19-9-5-4-6-10-19;/h4-12,18,20H,13-17H2,1-3H3,(H,24,25);1H. The van der Waals surface area contributed by atoms with Crippen LogP contribution in [0.1, 0.15) is 30.4 Å². The molecular formula is C23H32IN3O. The van der Waals surface area contributed by atoms with Gasteiger partial charge in [-0.2, -0.15) is 0 Å². The van der Waals surface area contributed by atoms with E-state index in [4.69, 9.17) is 4.74 Å². The van der Waals surface area contributed by atoms with Crippen molar-refractivity contribution >= 4 is 29.9 Å². The Balaban J connectivity index is 0.00000280. The summed E-state index contributed by atoms with van der Waals surface area (Å²) in [5.41, 5.74) is 2.66. The van der Waals surface area contributed by atoms with E-state index in [0.29, 0.717) is 11.8 Å². The van der Waals surface area contributed by atoms with Crippen LogP contribution in [0, 0.1) is 5.92 Å². The first-order chi connectivity index (χ1) is 13.2. The number of rotatable bonds is 6. The largest absolute Gasteiger partial charge is 0.496 e. The molecule has 0 spiro atoms. The fourth-order valence-electron chi connectivity index (χ4n) is 3.90. The smallest absolute Gasteiger partial charge is 0.193 e. The molecule has 152 valence electrons. The Kier molecular flexibility index (Phi) is 9.09. The average molecular weight is 493 g/mol. The molecule has 4 nitrogen and oxygen atoms in total. The highest BCUT2D eigenvalue weighted by Gasteiger charge is 2.25. The monoisotopic (exact) mass is 493 g/mol. The number of ether oxygens (including phenoxy) is 1. The van der Waals surface area contributed by atoms with Crippen molar-refractivity contribution in [2.24, 2.45) is 10.9 Å². The van der Waals surface area contributed by atoms with E-state index in [2.05, 4.69) is 64.6 Å². The molecule has 2 aromatic carbocycles. The van der Waals surface area contributed by atoms with E-state index in [1.165, 1.54) is 17.5 Å². The molecular weight excluding hydrogens is 461 g/mol. The van der Waals surface area contributed by atoms with Gasteiger partial charge in [0.2, 0.25) is 0 Å². The number of nitrogens with one attached hydrogen (secondary N) is 1. The second kappa shape index (κ2) is 11.3. The molecule has 5 heteroatoms. The summed E-state index contributed by atoms with van der Waals surface area (Å²) in [6, 6.07) is 19.0. The van der Waals surface area contributed by atoms with Gasteiger partial charge in [0.1, 0.15) is 5.75 Å². The molecule has 0 bridgehead atoms. The first kappa shape index (κ1) is 22.5. The maximum Gasteiger partial charge on any atom is 0.193 e. The van der Waals surface area contributed by atoms with Crippen molar-refractivity contribution in [2.75, 3.05) is 33.8 Å². The van der Waals surface area contributed by atoms with Crippen LogP contribution in [0.2, 0.25) is 0 Å². The number of aliphatic imine (C=N–C) groups is 1. The molecule has 1 saturated heterocycles. The van der Waals surface area contributed by atoms with Crippen LogP contribution in [0.3, 0.4) is 0 Å². The van der Waals surface area contributed by atoms with E-state index in [9.17, 15) is 0 Å². The van der Waals surface area contributed by atoms with Crippen LogP contribution in [0.25, 0.3) is 0 Å². The quantitative estimate of drug-likeness (QED) is 0.364. The molecule has 1 heterocycles. The Labute approximate surface area is 186 Å². The van der Waals surface area contributed by atoms with Gasteiger partial charge < -0.3 is 15.0 Å². The van der Waals surface area contributed by atoms with Crippen LogP contribution < -0.4 is 10.1 Å². The van der Waals surface area contributed by atoms with Crippen molar-refractivity contribution in [3.63, 3.8) is 0 Å². The number of halogens is 1. The number of guanidine groups is 1. The normalized spacial score (nSPS) is 17.8. The molecule has 1 fully saturated rings. The van der Waals surface area contributed by atoms with E-state index < -0.39 is 0 Å². The van der Waals surface area contributed by atoms with Crippen LogP contribution in [-0.4, -0.2) is 44.7 Å². The highest BCUT2D eigenvalue weighted by atomic mass is 127. The van der Waals surface area contributed by atoms with Crippen LogP contribution in [0.15, 0.2) is 59.6 Å². The van der Waals surface area contributed by atoms with Crippen molar-refractivity contribution in [1.82, 2.24) is 10.2 Å². The summed E-state index contributed by atoms with van der Waals surface area (Å²) in [5, 5.41) is 3.57. The Morgan fingerprint density at radius 1 is 1.18 bits per heavy atom. The third-order valence-corrected chi connectivity index (χ3v) is 5.40. The topological polar surface area (TPSA) is 36.9 Å². The molecule has 1 aliphatic heterocycles. The Morgan fingerprint density at radius 2 is 1.89 bits per heavy atom. The van der Waals surface area contributed by atoms with Crippen molar-refractivity contribution in [3.05, 3.63) is 65.7 Å². The Morgan fingerprint density at radius 3 is 2.61 bits per heavy atom. The minimum Gasteiger partial charge on any atom is -0.496 e. The van der Waals surface area contributed by atoms with Crippen LogP contribution in [-0.2, 0) is 6.42 Å². The fourth-order valence-corrected chi connectivity index (χ4v) is 3.90. The zero-order valence-corrected chi connectivity index (χ0v) is 19.4. The molecule has 2 unspecified atom stereocenters. The lowest BCUT2D eigenvalue weighted by Crippen LogP contribution is -2.41. The van der Waals surface area contributed by atoms with Crippen molar-refractivity contribution in [1.29, 1.82) is 0 Å². The highest BCUT2D eigenvalue weighted by Crippen LogP contribution is 2.26. The Hall–Kier alpha value is -1.76. The van der Waals surface area contributed by atoms with E-state index in [1.807, 2.05) is 19.2 Å². The molecule has 28 heavy (non-hydrogen) atoms. The maximum absolute atomic E-state index is 5.50. The zero-order chi connectivity index (χ0) is 19.1. The maximum atomic E-state index is 5.50. The van der Waals surface area contributed by atoms with Crippen molar-refractivity contribution in [2.45, 2.75) is 25.7 Å². The van der Waals surface area contributed by atoms with E-state index in [-0.39, 0.29) is 24.0 Å². The molecule has 2 aromatic rings. The van der Waals surface area contributed by atoms with Gasteiger partial charge in [-0.15, -0.1) is 24.0 Å². The van der Waals surface area contributed by atoms with Crippen LogP contribution in [0.5, 0.6) is 5.75 Å². The molecule has 0 aromatic heterocycles. The third-order valence-electron chi connectivity index (χ3n) is 5.40. The lowest BCUT2D eigenvalue weighted by Gasteiger charge is -2.24. The van der Waals surface area contributed by atoms with Crippen molar-refractivity contribution < 1.29 is 4.74 Å². The summed E-state index contributed by atoms with van der Waals surface area (Å²) in [7, 11) is 3.61. The number of hydrogen-bond acceptors (Lipinski definition) is 2. The lowest BCUT2D eigenvalue weighted by molar-refractivity contribution is 0.405. The first-order valence-corrected chi connectivity index (χ1v) is 9.83. The molecule has 0 radical (unpaired) electrons. The summed E-state index contributed by atoms with van der Waals surface area (Å²) >= 11 is 0. The molecule has 0 saturated carbocycles. The zero-order valence-electron chi connectivity index (χ0n) is 17.1. The number of para-hydroxylation sites is 1. The summed E-state index contributed by atoms with van der Waals surface area (Å²) < 4.78 is 5.50. The highest BCUT2D eigenvalue weighted by molar-refractivity contribution is 14.0. The molecule has 0 aliphatic carbocycles. The first-order valence-electron chi connectivity index (χ1n) is 9.83. The van der Waals surface area contributed by atoms with Crippen LogP contribution in [0.4, 0.5) is 0 Å². The van der Waals surface area contributed by atoms with Gasteiger partial charge in [-0.3, -0.25) is 4.99 Å². The van der Waals surface area contributed by atoms with Gasteiger partial charge in [0, 0.05) is 32.6 Å². The van der Waals surface area contributed by atoms with E-state index in [1.54, 1.807) is 7.11 Å². The van der Waals surface area contributed by atoms with Gasteiger partial charge >= 0.3 is 0 Å². The fraction of sp³-hybridized carbons (Fsp3) is 0.435. The van der Waals surface area contributed by atoms with Gasteiger partial charge in [0.15, 0.2) is 5.96 Å². The minimum absolute atomic E-state index is 0. The molecule has 1 aliphatic rings. The predicted molar refractivity (Wildman–Crippen MR) is 128 cm³/mol. The predicted octanol–water partition coefficient (Wildman–Crippen LogP) is 4.56. The van der Waals surface area contributed by atoms with Crippen molar-refractivity contribution in [3.8, 4) is 5.75 Å². The minimum atomic E-state index is 0. The lowest BCUT2D eigenvalue weighted by atomic mass is 9.99. The number of methoxy groups -OCH3 is 1. The summed E-state index contributed by atoms with van der Waals surface area (Å²) in [5.74, 6) is 3.00. The van der Waals surface area contributed by atoms with Crippen LogP contribution >= 0.6 is 24.0 Å². The number of benzene rings is 2. The van der Waals surface area contributed by atoms with Gasteiger partial charge in [-0.05, 0) is 36.0 Å². The molecule has 3 rings (SSSR count). The van der Waals surface area contributed by atoms with E-state index in [0.717, 1.165) is 37.8 Å². The molecule has 0 amide bonds. The SMILES string of the molecule is CN=C(NCC(C)c1ccccc1OC)N1CCC(Cc2ccccc2)C1.I. The molecule has 1 N–H and O–H groups in total. The van der Waals surface area contributed by atoms with Gasteiger partial charge in [-0.25, -0.2) is 0 Å². The number of likely N-dealkylation sites (tertiary alicyclic amines) is 1. The third kappa shape index (κ3) is 5.87.